The molecular weight excluding hydrogens is 695 g/mol. The van der Waals surface area contributed by atoms with E-state index in [0.717, 1.165) is 54.2 Å². The average Bonchev–Trinajstić information content (AvgIpc) is 3.65. The minimum atomic E-state index is -3.50. The Balaban J connectivity index is 1.29. The number of hydrogen-bond acceptors (Lipinski definition) is 2. The monoisotopic (exact) mass is 735 g/mol. The summed E-state index contributed by atoms with van der Waals surface area (Å²) in [6.07, 6.45) is 0. The van der Waals surface area contributed by atoms with Crippen LogP contribution in [0.15, 0.2) is 224 Å². The van der Waals surface area contributed by atoms with Gasteiger partial charge < -0.3 is 4.57 Å². The van der Waals surface area contributed by atoms with Gasteiger partial charge in [0.25, 0.3) is 0 Å². The fourth-order valence-electron chi connectivity index (χ4n) is 8.16. The topological polar surface area (TPSA) is 30.7 Å². The van der Waals surface area contributed by atoms with Crippen LogP contribution < -0.4 is 20.7 Å². The minimum absolute atomic E-state index is 0.0175. The van der Waals surface area contributed by atoms with E-state index in [9.17, 15) is 5.48 Å². The summed E-state index contributed by atoms with van der Waals surface area (Å²) < 4.78 is 41.2. The Hall–Kier alpha value is -7.14. The predicted molar refractivity (Wildman–Crippen MR) is 236 cm³/mol. The Labute approximate surface area is 333 Å². The maximum atomic E-state index is 10.3. The van der Waals surface area contributed by atoms with Gasteiger partial charge in [0, 0.05) is 27.5 Å². The van der Waals surface area contributed by atoms with E-state index in [-0.39, 0.29) is 35.6 Å². The van der Waals surface area contributed by atoms with Crippen molar-refractivity contribution in [1.82, 2.24) is 14.5 Å². The van der Waals surface area contributed by atoms with Gasteiger partial charge in [0.2, 0.25) is 0 Å². The fraction of sp³-hybridized carbons (Fsp3) is 0. The number of aromatic nitrogens is 3. The summed E-state index contributed by atoms with van der Waals surface area (Å²) in [7, 11) is -3.50. The summed E-state index contributed by atoms with van der Waals surface area (Å²) in [5.74, 6) is 0.158. The second-order valence-corrected chi connectivity index (χ2v) is 17.5. The quantitative estimate of drug-likeness (QED) is 0.115. The molecular formula is C52H37N3Si. The first-order valence-electron chi connectivity index (χ1n) is 20.8. The summed E-state index contributed by atoms with van der Waals surface area (Å²) in [4.78, 5) is 10.4. The van der Waals surface area contributed by atoms with Crippen LogP contribution in [0.5, 0.6) is 0 Å². The first kappa shape index (κ1) is 29.2. The number of para-hydroxylation sites is 3. The van der Waals surface area contributed by atoms with Gasteiger partial charge in [-0.25, -0.2) is 9.97 Å². The van der Waals surface area contributed by atoms with Crippen molar-refractivity contribution in [2.45, 2.75) is 0 Å². The molecule has 2 aromatic heterocycles. The molecule has 0 amide bonds. The molecule has 10 rings (SSSR count). The molecule has 0 aliphatic heterocycles. The van der Waals surface area contributed by atoms with Crippen molar-refractivity contribution < 1.29 is 5.48 Å². The fourth-order valence-corrected chi connectivity index (χ4v) is 12.7. The Morgan fingerprint density at radius 3 is 1.50 bits per heavy atom. The van der Waals surface area contributed by atoms with E-state index in [1.807, 2.05) is 103 Å². The third-order valence-electron chi connectivity index (χ3n) is 10.6. The molecule has 0 atom stereocenters. The number of hydrogen-bond donors (Lipinski definition) is 0. The van der Waals surface area contributed by atoms with E-state index in [2.05, 4.69) is 102 Å². The Bertz CT molecular complexity index is 3040. The molecule has 0 saturated heterocycles. The van der Waals surface area contributed by atoms with Gasteiger partial charge in [0.15, 0.2) is 13.9 Å². The van der Waals surface area contributed by atoms with E-state index >= 15 is 0 Å². The average molecular weight is 736 g/mol. The van der Waals surface area contributed by atoms with E-state index in [1.54, 1.807) is 0 Å². The number of rotatable bonds is 8. The van der Waals surface area contributed by atoms with Crippen LogP contribution in [0.1, 0.15) is 5.48 Å². The SMILES string of the molecule is [2H]c1c([2H])c(-c2nc(-c3ccccc3)cc(-c3ccccc3-n3c4ccccc4c4ccccc43)n2)c([2H])c([Si](c2ccccc2)(c2ccccc2)c2ccccc2)c1[2H]. The minimum Gasteiger partial charge on any atom is -0.309 e. The molecule has 2 heterocycles. The lowest BCUT2D eigenvalue weighted by atomic mass is 10.0. The van der Waals surface area contributed by atoms with Crippen molar-refractivity contribution in [3.8, 4) is 39.6 Å². The molecule has 0 aliphatic carbocycles. The number of benzene rings is 8. The molecule has 0 radical (unpaired) electrons. The van der Waals surface area contributed by atoms with Crippen LogP contribution >= 0.6 is 0 Å². The Morgan fingerprint density at radius 1 is 0.429 bits per heavy atom. The molecule has 8 aromatic carbocycles. The lowest BCUT2D eigenvalue weighted by Gasteiger charge is -2.34. The maximum Gasteiger partial charge on any atom is 0.179 e. The van der Waals surface area contributed by atoms with Gasteiger partial charge >= 0.3 is 0 Å². The Morgan fingerprint density at radius 2 is 0.911 bits per heavy atom. The molecule has 10 aromatic rings. The summed E-state index contributed by atoms with van der Waals surface area (Å²) in [6.45, 7) is 0. The molecule has 0 bridgehead atoms. The third kappa shape index (κ3) is 5.67. The lowest BCUT2D eigenvalue weighted by Crippen LogP contribution is -2.74. The molecule has 0 N–H and O–H groups in total. The highest BCUT2D eigenvalue weighted by molar-refractivity contribution is 7.19. The van der Waals surface area contributed by atoms with Crippen LogP contribution in [-0.4, -0.2) is 22.6 Å². The van der Waals surface area contributed by atoms with Crippen LogP contribution in [0.2, 0.25) is 0 Å². The summed E-state index contributed by atoms with van der Waals surface area (Å²) in [6, 6.07) is 66.4. The van der Waals surface area contributed by atoms with Gasteiger partial charge in [-0.2, -0.15) is 0 Å². The zero-order valence-corrected chi connectivity index (χ0v) is 31.4. The first-order chi connectivity index (χ1) is 29.5. The molecule has 0 unspecified atom stereocenters. The summed E-state index contributed by atoms with van der Waals surface area (Å²) in [5.41, 5.74) is 6.07. The number of nitrogens with zero attached hydrogens (tertiary/aromatic N) is 3. The van der Waals surface area contributed by atoms with Crippen molar-refractivity contribution >= 4 is 50.6 Å². The van der Waals surface area contributed by atoms with Gasteiger partial charge in [-0.3, -0.25) is 0 Å². The Kier molecular flexibility index (Phi) is 7.44. The highest BCUT2D eigenvalue weighted by Crippen LogP contribution is 2.37. The van der Waals surface area contributed by atoms with Crippen molar-refractivity contribution in [1.29, 1.82) is 0 Å². The highest BCUT2D eigenvalue weighted by Gasteiger charge is 2.41. The smallest absolute Gasteiger partial charge is 0.179 e. The van der Waals surface area contributed by atoms with Crippen LogP contribution in [0.25, 0.3) is 61.4 Å². The van der Waals surface area contributed by atoms with Crippen LogP contribution in [0.3, 0.4) is 0 Å². The van der Waals surface area contributed by atoms with Crippen LogP contribution in [0.4, 0.5) is 0 Å². The normalized spacial score (nSPS) is 12.6. The van der Waals surface area contributed by atoms with E-state index in [1.165, 1.54) is 0 Å². The molecule has 0 fully saturated rings. The lowest BCUT2D eigenvalue weighted by molar-refractivity contribution is 1.15. The highest BCUT2D eigenvalue weighted by atomic mass is 28.3. The van der Waals surface area contributed by atoms with Crippen molar-refractivity contribution in [2.75, 3.05) is 0 Å². The second-order valence-electron chi connectivity index (χ2n) is 13.8. The van der Waals surface area contributed by atoms with E-state index in [4.69, 9.17) is 9.97 Å². The third-order valence-corrected chi connectivity index (χ3v) is 15.2. The van der Waals surface area contributed by atoms with Crippen LogP contribution in [0, 0.1) is 0 Å². The van der Waals surface area contributed by atoms with Gasteiger partial charge in [0.1, 0.15) is 0 Å². The van der Waals surface area contributed by atoms with Gasteiger partial charge in [-0.15, -0.1) is 0 Å². The summed E-state index contributed by atoms with van der Waals surface area (Å²) in [5, 5.41) is 5.60. The standard InChI is InChI=1S/C52H37N3Si/c1-5-20-38(21-6-1)47-37-48(46-32-15-18-35-51(46)55-49-33-16-13-30-44(49)45-31-14-17-34-50(45)55)54-52(53-47)39-22-19-29-43(36-39)56(40-23-7-2-8-24-40,41-25-9-3-10-26-41)42-27-11-4-12-28-42/h1-37H/i19D,22D,29D,36D. The first-order valence-corrected chi connectivity index (χ1v) is 20.8. The van der Waals surface area contributed by atoms with Gasteiger partial charge in [-0.1, -0.05) is 200 Å². The molecule has 0 saturated carbocycles. The zero-order valence-electron chi connectivity index (χ0n) is 34.4. The molecule has 264 valence electrons. The van der Waals surface area contributed by atoms with Gasteiger partial charge in [0.05, 0.1) is 33.6 Å². The van der Waals surface area contributed by atoms with E-state index < -0.39 is 8.07 Å². The molecule has 3 nitrogen and oxygen atoms in total. The summed E-state index contributed by atoms with van der Waals surface area (Å²) >= 11 is 0. The second kappa shape index (κ2) is 14.3. The molecule has 0 spiro atoms. The predicted octanol–water partition coefficient (Wildman–Crippen LogP) is 9.95. The maximum absolute atomic E-state index is 10.3. The van der Waals surface area contributed by atoms with Crippen molar-refractivity contribution in [2.24, 2.45) is 0 Å². The van der Waals surface area contributed by atoms with Gasteiger partial charge in [-0.05, 0) is 45.0 Å². The number of fused-ring (bicyclic) bond motifs is 3. The molecule has 4 heteroatoms. The van der Waals surface area contributed by atoms with Crippen molar-refractivity contribution in [3.63, 3.8) is 0 Å². The largest absolute Gasteiger partial charge is 0.309 e. The molecule has 56 heavy (non-hydrogen) atoms. The molecule has 0 aliphatic rings. The zero-order chi connectivity index (χ0) is 40.8. The van der Waals surface area contributed by atoms with E-state index in [0.29, 0.717) is 16.6 Å². The van der Waals surface area contributed by atoms with Crippen LogP contribution in [-0.2, 0) is 0 Å². The van der Waals surface area contributed by atoms with Crippen molar-refractivity contribution in [3.05, 3.63) is 224 Å².